The quantitative estimate of drug-likeness (QED) is 0.806. The lowest BCUT2D eigenvalue weighted by Gasteiger charge is -2.34. The number of hydrogen-bond donors (Lipinski definition) is 1. The van der Waals surface area contributed by atoms with Crippen LogP contribution in [0.3, 0.4) is 0 Å². The average molecular weight is 394 g/mol. The molecule has 0 unspecified atom stereocenters. The summed E-state index contributed by atoms with van der Waals surface area (Å²) in [7, 11) is -3.57. The number of amides is 2. The zero-order valence-corrected chi connectivity index (χ0v) is 16.9. The van der Waals surface area contributed by atoms with Gasteiger partial charge in [0.25, 0.3) is 0 Å². The van der Waals surface area contributed by atoms with E-state index in [1.165, 1.54) is 4.31 Å². The number of rotatable bonds is 5. The molecule has 1 saturated heterocycles. The fourth-order valence-electron chi connectivity index (χ4n) is 3.40. The Morgan fingerprint density at radius 3 is 2.37 bits per heavy atom. The molecule has 1 aliphatic heterocycles. The van der Waals surface area contributed by atoms with Crippen molar-refractivity contribution < 1.29 is 18.0 Å². The third kappa shape index (κ3) is 4.32. The van der Waals surface area contributed by atoms with Gasteiger partial charge in [0.1, 0.15) is 0 Å². The number of aryl methyl sites for hydroxylation is 2. The second-order valence-corrected chi connectivity index (χ2v) is 9.50. The number of benzene rings is 1. The van der Waals surface area contributed by atoms with Gasteiger partial charge in [-0.05, 0) is 43.4 Å². The summed E-state index contributed by atoms with van der Waals surface area (Å²) in [6.45, 7) is 6.83. The molecule has 0 radical (unpaired) electrons. The maximum absolute atomic E-state index is 12.9. The van der Waals surface area contributed by atoms with Gasteiger partial charge >= 0.3 is 0 Å². The van der Waals surface area contributed by atoms with Crippen LogP contribution in [-0.2, 0) is 19.6 Å². The number of hydrogen-bond acceptors (Lipinski definition) is 4. The van der Waals surface area contributed by atoms with E-state index in [2.05, 4.69) is 5.32 Å². The molecule has 148 valence electrons. The van der Waals surface area contributed by atoms with E-state index in [-0.39, 0.29) is 37.4 Å². The first kappa shape index (κ1) is 19.8. The lowest BCUT2D eigenvalue weighted by Crippen LogP contribution is -2.52. The van der Waals surface area contributed by atoms with Crippen molar-refractivity contribution in [2.24, 2.45) is 11.8 Å². The fourth-order valence-corrected chi connectivity index (χ4v) is 5.13. The lowest BCUT2D eigenvalue weighted by molar-refractivity contribution is -0.134. The Labute approximate surface area is 160 Å². The average Bonchev–Trinajstić information content (AvgIpc) is 3.38. The van der Waals surface area contributed by atoms with Gasteiger partial charge < -0.3 is 10.2 Å². The number of carbonyl (C=O) groups is 2. The predicted molar refractivity (Wildman–Crippen MR) is 102 cm³/mol. The second kappa shape index (κ2) is 7.59. The van der Waals surface area contributed by atoms with E-state index in [1.807, 2.05) is 26.0 Å². The van der Waals surface area contributed by atoms with E-state index in [9.17, 15) is 18.0 Å². The maximum Gasteiger partial charge on any atom is 0.243 e. The van der Waals surface area contributed by atoms with Gasteiger partial charge in [-0.2, -0.15) is 4.31 Å². The van der Waals surface area contributed by atoms with Crippen LogP contribution in [0.1, 0.15) is 24.5 Å². The van der Waals surface area contributed by atoms with Crippen molar-refractivity contribution in [1.29, 1.82) is 0 Å². The molecule has 7 nitrogen and oxygen atoms in total. The molecule has 1 aromatic carbocycles. The van der Waals surface area contributed by atoms with E-state index in [0.717, 1.165) is 17.5 Å². The SMILES string of the molecule is Cc1ccc(C)c(S(=O)(=O)N2CCN(C(=O)CNC(=O)[C@@H]3C[C@H]3C)CC2)c1. The van der Waals surface area contributed by atoms with Gasteiger partial charge in [-0.1, -0.05) is 19.1 Å². The molecule has 8 heteroatoms. The lowest BCUT2D eigenvalue weighted by atomic mass is 10.2. The summed E-state index contributed by atoms with van der Waals surface area (Å²) in [5.41, 5.74) is 1.62. The molecule has 1 N–H and O–H groups in total. The minimum Gasteiger partial charge on any atom is -0.347 e. The summed E-state index contributed by atoms with van der Waals surface area (Å²) < 4.78 is 27.3. The highest BCUT2D eigenvalue weighted by Gasteiger charge is 2.39. The molecule has 0 aromatic heterocycles. The first-order valence-electron chi connectivity index (χ1n) is 9.33. The Balaban J connectivity index is 1.55. The molecule has 1 heterocycles. The minimum atomic E-state index is -3.57. The zero-order chi connectivity index (χ0) is 19.8. The third-order valence-corrected chi connectivity index (χ3v) is 7.45. The van der Waals surface area contributed by atoms with Gasteiger partial charge in [-0.25, -0.2) is 8.42 Å². The van der Waals surface area contributed by atoms with Crippen LogP contribution in [0.25, 0.3) is 0 Å². The van der Waals surface area contributed by atoms with Crippen molar-refractivity contribution in [2.75, 3.05) is 32.7 Å². The molecule has 2 atom stereocenters. The van der Waals surface area contributed by atoms with Gasteiger partial charge in [0.05, 0.1) is 11.4 Å². The normalized spacial score (nSPS) is 23.1. The van der Waals surface area contributed by atoms with Gasteiger partial charge in [0.2, 0.25) is 21.8 Å². The smallest absolute Gasteiger partial charge is 0.243 e. The standard InChI is InChI=1S/C19H27N3O4S/c1-13-4-5-14(2)17(10-13)27(25,26)22-8-6-21(7-9-22)18(23)12-20-19(24)16-11-15(16)3/h4-5,10,15-16H,6-9,11-12H2,1-3H3,(H,20,24)/t15-,16-/m1/s1. The van der Waals surface area contributed by atoms with Crippen LogP contribution < -0.4 is 5.32 Å². The summed E-state index contributed by atoms with van der Waals surface area (Å²) in [4.78, 5) is 26.1. The molecular weight excluding hydrogens is 366 g/mol. The van der Waals surface area contributed by atoms with Crippen molar-refractivity contribution in [3.05, 3.63) is 29.3 Å². The molecular formula is C19H27N3O4S. The van der Waals surface area contributed by atoms with Crippen LogP contribution in [0.15, 0.2) is 23.1 Å². The molecule has 27 heavy (non-hydrogen) atoms. The fraction of sp³-hybridized carbons (Fsp3) is 0.579. The Kier molecular flexibility index (Phi) is 5.58. The van der Waals surface area contributed by atoms with E-state index >= 15 is 0 Å². The summed E-state index contributed by atoms with van der Waals surface area (Å²) in [6.07, 6.45) is 0.884. The van der Waals surface area contributed by atoms with E-state index in [0.29, 0.717) is 23.9 Å². The topological polar surface area (TPSA) is 86.8 Å². The molecule has 3 rings (SSSR count). The number of nitrogens with zero attached hydrogens (tertiary/aromatic N) is 2. The van der Waals surface area contributed by atoms with Crippen LogP contribution in [0, 0.1) is 25.7 Å². The molecule has 2 aliphatic rings. The maximum atomic E-state index is 12.9. The number of carbonyl (C=O) groups excluding carboxylic acids is 2. The Morgan fingerprint density at radius 2 is 1.78 bits per heavy atom. The number of sulfonamides is 1. The van der Waals surface area contributed by atoms with Crippen molar-refractivity contribution in [3.8, 4) is 0 Å². The summed E-state index contributed by atoms with van der Waals surface area (Å²) >= 11 is 0. The highest BCUT2D eigenvalue weighted by Crippen LogP contribution is 2.37. The Hall–Kier alpha value is -1.93. The first-order chi connectivity index (χ1) is 12.7. The third-order valence-electron chi connectivity index (χ3n) is 5.41. The van der Waals surface area contributed by atoms with Crippen LogP contribution >= 0.6 is 0 Å². The largest absolute Gasteiger partial charge is 0.347 e. The van der Waals surface area contributed by atoms with Crippen LogP contribution in [0.4, 0.5) is 0 Å². The van der Waals surface area contributed by atoms with Crippen LogP contribution in [0.2, 0.25) is 0 Å². The van der Waals surface area contributed by atoms with Crippen molar-refractivity contribution in [2.45, 2.75) is 32.1 Å². The summed E-state index contributed by atoms with van der Waals surface area (Å²) in [6, 6.07) is 5.39. The molecule has 0 bridgehead atoms. The number of piperazine rings is 1. The highest BCUT2D eigenvalue weighted by atomic mass is 32.2. The van der Waals surface area contributed by atoms with Gasteiger partial charge in [0.15, 0.2) is 0 Å². The predicted octanol–water partition coefficient (Wildman–Crippen LogP) is 0.909. The molecule has 2 fully saturated rings. The Morgan fingerprint density at radius 1 is 1.15 bits per heavy atom. The van der Waals surface area contributed by atoms with Crippen molar-refractivity contribution in [3.63, 3.8) is 0 Å². The molecule has 1 saturated carbocycles. The molecule has 2 amide bonds. The summed E-state index contributed by atoms with van der Waals surface area (Å²) in [5, 5.41) is 2.69. The zero-order valence-electron chi connectivity index (χ0n) is 16.1. The van der Waals surface area contributed by atoms with Gasteiger partial charge in [-0.15, -0.1) is 0 Å². The van der Waals surface area contributed by atoms with E-state index < -0.39 is 10.0 Å². The Bertz CT molecular complexity index is 845. The highest BCUT2D eigenvalue weighted by molar-refractivity contribution is 7.89. The van der Waals surface area contributed by atoms with Crippen LogP contribution in [0.5, 0.6) is 0 Å². The van der Waals surface area contributed by atoms with Gasteiger partial charge in [0, 0.05) is 32.1 Å². The second-order valence-electron chi connectivity index (χ2n) is 7.59. The van der Waals surface area contributed by atoms with Gasteiger partial charge in [-0.3, -0.25) is 9.59 Å². The monoisotopic (exact) mass is 393 g/mol. The minimum absolute atomic E-state index is 0.0220. The molecule has 0 spiro atoms. The molecule has 1 aromatic rings. The van der Waals surface area contributed by atoms with Crippen LogP contribution in [-0.4, -0.2) is 62.2 Å². The van der Waals surface area contributed by atoms with E-state index in [1.54, 1.807) is 17.9 Å². The summed E-state index contributed by atoms with van der Waals surface area (Å²) in [5.74, 6) is 0.212. The van der Waals surface area contributed by atoms with Crippen molar-refractivity contribution >= 4 is 21.8 Å². The van der Waals surface area contributed by atoms with E-state index in [4.69, 9.17) is 0 Å². The number of nitrogens with one attached hydrogen (secondary N) is 1. The first-order valence-corrected chi connectivity index (χ1v) is 10.8. The molecule has 1 aliphatic carbocycles. The van der Waals surface area contributed by atoms with Crippen molar-refractivity contribution in [1.82, 2.24) is 14.5 Å².